The maximum atomic E-state index is 15.9. The summed E-state index contributed by atoms with van der Waals surface area (Å²) in [6.45, 7) is 13.3. The molecule has 6 aliphatic rings. The Morgan fingerprint density at radius 1 is 0.571 bits per heavy atom. The Hall–Kier alpha value is -5.85. The summed E-state index contributed by atoms with van der Waals surface area (Å²) >= 11 is 0. The number of alkyl halides is 10. The van der Waals surface area contributed by atoms with Crippen molar-refractivity contribution in [3.05, 3.63) is 70.8 Å². The number of nitrogens with one attached hydrogen (secondary N) is 2. The van der Waals surface area contributed by atoms with E-state index >= 15 is 17.6 Å². The van der Waals surface area contributed by atoms with Crippen LogP contribution in [0.15, 0.2) is 48.5 Å². The summed E-state index contributed by atoms with van der Waals surface area (Å²) in [4.78, 5) is 88.5. The zero-order valence-electron chi connectivity index (χ0n) is 51.3. The molecule has 496 valence electrons. The standard InChI is InChI=1S/C32H37F5N3O5.C31H35F5N3O5.2V/c1-5-20-23(16-41)40-15-25(20)44-27-21(12-17-9-10-19(32(35,36)37)14-22(17)38-27)31(33,34)11-7-6-8-18-13-24(18)45-29(43)39-26(28(40)42)30(2,3)4;1-16-22(15-40)39-14-24(16)43-26-20(11-17-8-9-19(31(34,35)36)13-21(17)37-26)30(32,33)10-6-5-7-18-12-23(18)44-28(42)38-25(27(39)41)29(2,3)4;;/h9-10,12,14,18,20,23-26H,5-8,11,13,15H2,1-4H3,(H,39,43);8-9,11,13,16,18,22-25H,5-7,10,12,14H2,1-4H3,(H,38,42);;/q2*-1;;/t18-,20+,23-,24-,25+,26-;16-,18+,22+,23+,24-,25+;;/m10../s1. The molecule has 4 aromatic rings. The molecule has 2 N–H and O–H groups in total. The number of rotatable bonds is 3. The number of carbonyl (C=O) groups is 4. The molecule has 16 nitrogen and oxygen atoms in total. The molecular formula is C63H72F10N6O10V2-2. The van der Waals surface area contributed by atoms with Crippen molar-refractivity contribution in [2.45, 2.75) is 199 Å². The maximum Gasteiger partial charge on any atom is 0.416 e. The van der Waals surface area contributed by atoms with Crippen LogP contribution in [0.4, 0.5) is 53.5 Å². The van der Waals surface area contributed by atoms with Crippen LogP contribution in [0.1, 0.15) is 148 Å². The van der Waals surface area contributed by atoms with Gasteiger partial charge in [0.25, 0.3) is 11.8 Å². The number of halogens is 10. The van der Waals surface area contributed by atoms with Crippen LogP contribution in [0.5, 0.6) is 11.8 Å². The fourth-order valence-electron chi connectivity index (χ4n) is 12.3. The van der Waals surface area contributed by atoms with E-state index in [0.29, 0.717) is 38.5 Å². The minimum atomic E-state index is -4.68. The molecule has 4 bridgehead atoms. The Morgan fingerprint density at radius 2 is 0.967 bits per heavy atom. The molecule has 6 heterocycles. The average molecular weight is 1370 g/mol. The Balaban J connectivity index is 0.000000253. The van der Waals surface area contributed by atoms with Gasteiger partial charge in [0.05, 0.1) is 46.4 Å². The summed E-state index contributed by atoms with van der Waals surface area (Å²) in [5.41, 5.74) is -5.13. The SMILES string of the molecule is CC[C@@H]1[C@@H]2CN(C(=O)[C@H](C(C)(C)C)NC(=O)O[C@@H]3C[C@H]3CCCCC(F)(F)c3cc4ccc(C(F)(F)F)cc4nc3O2)[C@@H]1[C-]=O.C[C@@H]1[C@@H]2CN(C(=O)[C@H](C(C)(C)C)NC(=O)O[C@@H]3C[C@H]3CCCCC(F)(F)c3cc4ccc(C(F)(F)F)cc4nc3O2)[C@@H]1[C-]=O.[V].[V]. The largest absolute Gasteiger partial charge is 0.540 e. The first-order valence-corrected chi connectivity index (χ1v) is 30.0. The molecule has 2 aliphatic carbocycles. The third-order valence-electron chi connectivity index (χ3n) is 17.8. The molecule has 0 unspecified atom stereocenters. The van der Waals surface area contributed by atoms with Crippen LogP contribution in [0.3, 0.4) is 0 Å². The third kappa shape index (κ3) is 16.4. The summed E-state index contributed by atoms with van der Waals surface area (Å²) in [6, 6.07) is 3.07. The van der Waals surface area contributed by atoms with Gasteiger partial charge in [0.2, 0.25) is 23.6 Å². The van der Waals surface area contributed by atoms with Crippen molar-refractivity contribution in [2.24, 2.45) is 34.5 Å². The topological polar surface area (TPSA) is 196 Å². The number of nitrogens with zero attached hydrogens (tertiary/aromatic N) is 4. The van der Waals surface area contributed by atoms with Gasteiger partial charge in [-0.1, -0.05) is 98.9 Å². The van der Waals surface area contributed by atoms with E-state index < -0.39 is 154 Å². The van der Waals surface area contributed by atoms with Crippen molar-refractivity contribution in [1.29, 1.82) is 0 Å². The molecule has 28 heteroatoms. The molecule has 2 aromatic carbocycles. The summed E-state index contributed by atoms with van der Waals surface area (Å²) < 4.78 is 167. The predicted octanol–water partition coefficient (Wildman–Crippen LogP) is 12.7. The molecule has 4 fully saturated rings. The van der Waals surface area contributed by atoms with Crippen molar-refractivity contribution in [1.82, 2.24) is 30.4 Å². The van der Waals surface area contributed by atoms with Gasteiger partial charge in [-0.2, -0.15) is 26.3 Å². The van der Waals surface area contributed by atoms with E-state index in [1.807, 2.05) is 12.6 Å². The minimum absolute atomic E-state index is 0. The average Bonchev–Trinajstić information content (AvgIpc) is 1.67. The fourth-order valence-corrected chi connectivity index (χ4v) is 12.3. The van der Waals surface area contributed by atoms with E-state index in [1.54, 1.807) is 55.4 Å². The molecule has 12 atom stereocenters. The molecular weight excluding hydrogens is 1290 g/mol. The normalized spacial score (nSPS) is 28.9. The van der Waals surface area contributed by atoms with Gasteiger partial charge in [0.1, 0.15) is 36.5 Å². The smallest absolute Gasteiger partial charge is 0.416 e. The van der Waals surface area contributed by atoms with Gasteiger partial charge in [0, 0.05) is 60.7 Å². The minimum Gasteiger partial charge on any atom is -0.540 e. The second-order valence-corrected chi connectivity index (χ2v) is 26.5. The Morgan fingerprint density at radius 3 is 1.35 bits per heavy atom. The monoisotopic (exact) mass is 1360 g/mol. The predicted molar refractivity (Wildman–Crippen MR) is 302 cm³/mol. The second-order valence-electron chi connectivity index (χ2n) is 26.5. The Kier molecular flexibility index (Phi) is 22.0. The number of fused-ring (bicyclic) bond motifs is 10. The molecule has 2 saturated carbocycles. The molecule has 2 saturated heterocycles. The number of alkyl carbamates (subject to hydrolysis) is 2. The van der Waals surface area contributed by atoms with Crippen LogP contribution in [0.2, 0.25) is 0 Å². The number of pyridine rings is 2. The quantitative estimate of drug-likeness (QED) is 0.146. The fraction of sp³-hybridized carbons (Fsp3) is 0.619. The van der Waals surface area contributed by atoms with Crippen molar-refractivity contribution in [2.75, 3.05) is 13.1 Å². The molecule has 2 radical (unpaired) electrons. The summed E-state index contributed by atoms with van der Waals surface area (Å²) in [5.74, 6) is -10.7. The van der Waals surface area contributed by atoms with E-state index in [-0.39, 0.29) is 115 Å². The number of hydrogen-bond donors (Lipinski definition) is 2. The molecule has 91 heavy (non-hydrogen) atoms. The number of benzene rings is 2. The van der Waals surface area contributed by atoms with Crippen LogP contribution >= 0.6 is 0 Å². The van der Waals surface area contributed by atoms with Crippen molar-refractivity contribution >= 4 is 58.4 Å². The molecule has 4 amide bonds. The van der Waals surface area contributed by atoms with Gasteiger partial charge in [-0.25, -0.2) is 49.7 Å². The van der Waals surface area contributed by atoms with Gasteiger partial charge < -0.3 is 49.0 Å². The third-order valence-corrected chi connectivity index (χ3v) is 17.8. The Bertz CT molecular complexity index is 3350. The number of carbonyl (C=O) groups excluding carboxylic acids is 6. The molecule has 0 spiro atoms. The van der Waals surface area contributed by atoms with Gasteiger partial charge in [-0.05, 0) is 109 Å². The summed E-state index contributed by atoms with van der Waals surface area (Å²) in [7, 11) is 0. The first-order valence-electron chi connectivity index (χ1n) is 30.0. The molecule has 4 aliphatic heterocycles. The second kappa shape index (κ2) is 27.6. The van der Waals surface area contributed by atoms with E-state index in [1.165, 1.54) is 9.80 Å². The number of amides is 4. The van der Waals surface area contributed by atoms with E-state index in [9.17, 15) is 55.1 Å². The van der Waals surface area contributed by atoms with E-state index in [0.717, 1.165) is 48.5 Å². The molecule has 10 rings (SSSR count). The first kappa shape index (κ1) is 72.6. The van der Waals surface area contributed by atoms with Crippen molar-refractivity contribution in [3.63, 3.8) is 0 Å². The van der Waals surface area contributed by atoms with Crippen LogP contribution in [-0.2, 0) is 90.0 Å². The first-order chi connectivity index (χ1) is 41.5. The van der Waals surface area contributed by atoms with Crippen LogP contribution < -0.4 is 20.1 Å². The van der Waals surface area contributed by atoms with Crippen LogP contribution in [0.25, 0.3) is 21.8 Å². The maximum absolute atomic E-state index is 15.9. The summed E-state index contributed by atoms with van der Waals surface area (Å²) in [5, 5.41) is 5.48. The van der Waals surface area contributed by atoms with Gasteiger partial charge >= 0.3 is 24.5 Å². The summed E-state index contributed by atoms with van der Waals surface area (Å²) in [6.07, 6.45) is -7.49. The van der Waals surface area contributed by atoms with Crippen molar-refractivity contribution in [3.8, 4) is 11.8 Å². The zero-order valence-corrected chi connectivity index (χ0v) is 54.1. The number of hydrogen-bond acceptors (Lipinski definition) is 12. The number of ether oxygens (including phenoxy) is 4. The van der Waals surface area contributed by atoms with Gasteiger partial charge in [-0.15, -0.1) is 0 Å². The van der Waals surface area contributed by atoms with Gasteiger partial charge in [-0.3, -0.25) is 9.59 Å². The van der Waals surface area contributed by atoms with Crippen molar-refractivity contribution < 1.29 is 129 Å². The van der Waals surface area contributed by atoms with Crippen LogP contribution in [-0.4, -0.2) is 118 Å². The van der Waals surface area contributed by atoms with E-state index in [2.05, 4.69) is 20.6 Å². The zero-order chi connectivity index (χ0) is 65.1. The van der Waals surface area contributed by atoms with E-state index in [4.69, 9.17) is 18.9 Å². The molecule has 2 aromatic heterocycles. The van der Waals surface area contributed by atoms with Gasteiger partial charge in [0.15, 0.2) is 0 Å². The van der Waals surface area contributed by atoms with Crippen LogP contribution in [0, 0.1) is 34.5 Å². The number of aromatic nitrogens is 2. The Labute approximate surface area is 543 Å².